The van der Waals surface area contributed by atoms with Crippen molar-refractivity contribution in [3.63, 3.8) is 0 Å². The van der Waals surface area contributed by atoms with Crippen molar-refractivity contribution in [3.05, 3.63) is 52.0 Å². The summed E-state index contributed by atoms with van der Waals surface area (Å²) in [7, 11) is 4.17. The van der Waals surface area contributed by atoms with Gasteiger partial charge < -0.3 is 15.4 Å². The summed E-state index contributed by atoms with van der Waals surface area (Å²) in [6.07, 6.45) is 3.08. The van der Waals surface area contributed by atoms with E-state index in [4.69, 9.17) is 4.74 Å². The van der Waals surface area contributed by atoms with Crippen LogP contribution in [0.3, 0.4) is 0 Å². The lowest BCUT2D eigenvalue weighted by Crippen LogP contribution is -2.48. The number of halogens is 1. The first-order valence-corrected chi connectivity index (χ1v) is 11.6. The second-order valence-electron chi connectivity index (χ2n) is 8.29. The van der Waals surface area contributed by atoms with E-state index in [1.165, 1.54) is 0 Å². The molecule has 0 saturated heterocycles. The van der Waals surface area contributed by atoms with Crippen LogP contribution in [0.1, 0.15) is 35.2 Å². The van der Waals surface area contributed by atoms with E-state index in [-0.39, 0.29) is 23.8 Å². The number of carbonyl (C=O) groups excluding carboxylic acids is 2. The zero-order valence-corrected chi connectivity index (χ0v) is 19.8. The van der Waals surface area contributed by atoms with E-state index >= 15 is 0 Å². The van der Waals surface area contributed by atoms with Crippen molar-refractivity contribution in [2.75, 3.05) is 12.4 Å². The van der Waals surface area contributed by atoms with Gasteiger partial charge >= 0.3 is 0 Å². The summed E-state index contributed by atoms with van der Waals surface area (Å²) in [5.41, 5.74) is 2.37. The Hall–Kier alpha value is -1.91. The fourth-order valence-corrected chi connectivity index (χ4v) is 5.55. The van der Waals surface area contributed by atoms with Gasteiger partial charge in [-0.25, -0.2) is 0 Å². The van der Waals surface area contributed by atoms with Gasteiger partial charge in [-0.2, -0.15) is 0 Å². The van der Waals surface area contributed by atoms with E-state index in [2.05, 4.69) is 35.8 Å². The predicted molar refractivity (Wildman–Crippen MR) is 125 cm³/mol. The van der Waals surface area contributed by atoms with Crippen molar-refractivity contribution in [2.45, 2.75) is 32.2 Å². The molecular formula is C23H26BrN2O3P. The van der Waals surface area contributed by atoms with Crippen LogP contribution in [0.25, 0.3) is 0 Å². The van der Waals surface area contributed by atoms with Crippen molar-refractivity contribution in [3.8, 4) is 5.75 Å². The molecule has 1 unspecified atom stereocenters. The van der Waals surface area contributed by atoms with E-state index in [0.29, 0.717) is 23.1 Å². The summed E-state index contributed by atoms with van der Waals surface area (Å²) in [4.78, 5) is 26.3. The molecule has 0 aromatic heterocycles. The maximum atomic E-state index is 13.2. The molecule has 5 nitrogen and oxygen atoms in total. The quantitative estimate of drug-likeness (QED) is 0.623. The Bertz CT molecular complexity index is 996. The third kappa shape index (κ3) is 4.13. The SMILES string of the molecule is COc1cc(P)c(Br)cc1C(=O)N[C@@H]1[C@H]2CC[C@H](C2)[C@@H]1C(=O)Nc1cccc(C)c1. The molecule has 158 valence electrons. The lowest BCUT2D eigenvalue weighted by molar-refractivity contribution is -0.122. The highest BCUT2D eigenvalue weighted by atomic mass is 79.9. The van der Waals surface area contributed by atoms with Crippen LogP contribution in [0.2, 0.25) is 0 Å². The van der Waals surface area contributed by atoms with Gasteiger partial charge in [-0.3, -0.25) is 9.59 Å². The first-order chi connectivity index (χ1) is 14.4. The molecule has 0 aliphatic heterocycles. The van der Waals surface area contributed by atoms with Gasteiger partial charge in [0.15, 0.2) is 0 Å². The van der Waals surface area contributed by atoms with Crippen molar-refractivity contribution in [1.29, 1.82) is 0 Å². The molecule has 7 heteroatoms. The maximum absolute atomic E-state index is 13.2. The average molecular weight is 489 g/mol. The number of benzene rings is 2. The topological polar surface area (TPSA) is 67.4 Å². The number of fused-ring (bicyclic) bond motifs is 2. The van der Waals surface area contributed by atoms with Crippen LogP contribution in [0, 0.1) is 24.7 Å². The van der Waals surface area contributed by atoms with Gasteiger partial charge in [-0.1, -0.05) is 28.1 Å². The van der Waals surface area contributed by atoms with Gasteiger partial charge in [-0.15, -0.1) is 9.24 Å². The molecule has 0 spiro atoms. The number of anilines is 1. The minimum atomic E-state index is -0.219. The standard InChI is InChI=1S/C23H26BrN2O3P/c1-12-4-3-5-15(8-12)25-23(28)20-13-6-7-14(9-13)21(20)26-22(27)16-10-17(24)19(30)11-18(16)29-2/h3-5,8,10-11,13-14,20-21H,6-7,9,30H2,1-2H3,(H,25,28)(H,26,27)/t13-,14+,20+,21-/m1/s1. The number of carbonyl (C=O) groups is 2. The molecule has 0 heterocycles. The van der Waals surface area contributed by atoms with Crippen LogP contribution < -0.4 is 20.7 Å². The Labute approximate surface area is 187 Å². The number of hydrogen-bond acceptors (Lipinski definition) is 3. The van der Waals surface area contributed by atoms with Crippen LogP contribution in [0.4, 0.5) is 5.69 Å². The minimum Gasteiger partial charge on any atom is -0.496 e. The molecule has 5 atom stereocenters. The molecule has 2 bridgehead atoms. The molecule has 2 aliphatic carbocycles. The summed E-state index contributed by atoms with van der Waals surface area (Å²) < 4.78 is 6.24. The molecular weight excluding hydrogens is 463 g/mol. The Kier molecular flexibility index (Phi) is 6.17. The number of nitrogens with one attached hydrogen (secondary N) is 2. The van der Waals surface area contributed by atoms with Gasteiger partial charge in [0.2, 0.25) is 5.91 Å². The van der Waals surface area contributed by atoms with E-state index in [1.54, 1.807) is 13.2 Å². The summed E-state index contributed by atoms with van der Waals surface area (Å²) in [5, 5.41) is 7.15. The number of rotatable bonds is 5. The Morgan fingerprint density at radius 2 is 1.93 bits per heavy atom. The van der Waals surface area contributed by atoms with Crippen LogP contribution in [-0.4, -0.2) is 25.0 Å². The lowest BCUT2D eigenvalue weighted by Gasteiger charge is -2.31. The van der Waals surface area contributed by atoms with Crippen LogP contribution in [0.5, 0.6) is 5.75 Å². The first-order valence-electron chi connectivity index (χ1n) is 10.2. The molecule has 2 N–H and O–H groups in total. The van der Waals surface area contributed by atoms with Gasteiger partial charge in [0.05, 0.1) is 18.6 Å². The molecule has 2 aromatic carbocycles. The fraction of sp³-hybridized carbons (Fsp3) is 0.391. The molecule has 30 heavy (non-hydrogen) atoms. The number of amides is 2. The third-order valence-electron chi connectivity index (χ3n) is 6.37. The zero-order chi connectivity index (χ0) is 21.4. The van der Waals surface area contributed by atoms with Crippen molar-refractivity contribution >= 4 is 48.0 Å². The zero-order valence-electron chi connectivity index (χ0n) is 17.1. The molecule has 2 aromatic rings. The highest BCUT2D eigenvalue weighted by Gasteiger charge is 2.51. The lowest BCUT2D eigenvalue weighted by atomic mass is 9.83. The highest BCUT2D eigenvalue weighted by molar-refractivity contribution is 9.10. The number of ether oxygens (including phenoxy) is 1. The van der Waals surface area contributed by atoms with E-state index < -0.39 is 0 Å². The molecule has 2 saturated carbocycles. The molecule has 2 amide bonds. The number of aryl methyl sites for hydroxylation is 1. The number of methoxy groups -OCH3 is 1. The smallest absolute Gasteiger partial charge is 0.255 e. The predicted octanol–water partition coefficient (Wildman–Crippen LogP) is 4.05. The number of hydrogen-bond donors (Lipinski definition) is 2. The summed E-state index contributed by atoms with van der Waals surface area (Å²) in [6, 6.07) is 11.2. The van der Waals surface area contributed by atoms with Crippen LogP contribution >= 0.6 is 25.2 Å². The normalized spacial score (nSPS) is 24.5. The van der Waals surface area contributed by atoms with Gasteiger partial charge in [0.1, 0.15) is 5.75 Å². The largest absolute Gasteiger partial charge is 0.496 e. The minimum absolute atomic E-state index is 0.00782. The van der Waals surface area contributed by atoms with Crippen LogP contribution in [0.15, 0.2) is 40.9 Å². The van der Waals surface area contributed by atoms with Crippen molar-refractivity contribution in [2.24, 2.45) is 17.8 Å². The second kappa shape index (κ2) is 8.68. The molecule has 4 rings (SSSR count). The summed E-state index contributed by atoms with van der Waals surface area (Å²) in [6.45, 7) is 2.00. The Morgan fingerprint density at radius 3 is 2.67 bits per heavy atom. The molecule has 2 fully saturated rings. The fourth-order valence-electron chi connectivity index (χ4n) is 4.97. The van der Waals surface area contributed by atoms with Gasteiger partial charge in [0.25, 0.3) is 5.91 Å². The van der Waals surface area contributed by atoms with Crippen LogP contribution in [-0.2, 0) is 4.79 Å². The van der Waals surface area contributed by atoms with Crippen molar-refractivity contribution in [1.82, 2.24) is 5.32 Å². The van der Waals surface area contributed by atoms with Crippen molar-refractivity contribution < 1.29 is 14.3 Å². The van der Waals surface area contributed by atoms with E-state index in [0.717, 1.165) is 40.3 Å². The maximum Gasteiger partial charge on any atom is 0.255 e. The van der Waals surface area contributed by atoms with E-state index in [1.807, 2.05) is 37.3 Å². The first kappa shape index (κ1) is 21.3. The van der Waals surface area contributed by atoms with Gasteiger partial charge in [-0.05, 0) is 73.2 Å². The average Bonchev–Trinajstić information content (AvgIpc) is 3.31. The Morgan fingerprint density at radius 1 is 1.17 bits per heavy atom. The molecule has 0 radical (unpaired) electrons. The highest BCUT2D eigenvalue weighted by Crippen LogP contribution is 2.49. The van der Waals surface area contributed by atoms with E-state index in [9.17, 15) is 9.59 Å². The summed E-state index contributed by atoms with van der Waals surface area (Å²) >= 11 is 3.48. The third-order valence-corrected chi connectivity index (χ3v) is 7.95. The monoisotopic (exact) mass is 488 g/mol. The molecule has 2 aliphatic rings. The van der Waals surface area contributed by atoms with Gasteiger partial charge in [0, 0.05) is 16.2 Å². The Balaban J connectivity index is 1.55. The summed E-state index contributed by atoms with van der Waals surface area (Å²) in [5.74, 6) is 0.735. The second-order valence-corrected chi connectivity index (χ2v) is 9.77.